The first-order valence-corrected chi connectivity index (χ1v) is 7.09. The van der Waals surface area contributed by atoms with E-state index in [1.807, 2.05) is 12.1 Å². The van der Waals surface area contributed by atoms with Gasteiger partial charge in [0.2, 0.25) is 0 Å². The number of nitrogens with two attached hydrogens (primary N) is 1. The van der Waals surface area contributed by atoms with E-state index in [4.69, 9.17) is 10.5 Å². The molecule has 0 aliphatic rings. The minimum Gasteiger partial charge on any atom is -0.493 e. The predicted molar refractivity (Wildman–Crippen MR) is 78.0 cm³/mol. The van der Waals surface area contributed by atoms with Crippen LogP contribution in [0.5, 0.6) is 5.75 Å². The SMILES string of the molecule is CCC(N)Cc1ccccc1OCCCC(C)C. The van der Waals surface area contributed by atoms with Crippen molar-refractivity contribution in [2.75, 3.05) is 6.61 Å². The van der Waals surface area contributed by atoms with Crippen LogP contribution in [0.3, 0.4) is 0 Å². The molecule has 1 unspecified atom stereocenters. The summed E-state index contributed by atoms with van der Waals surface area (Å²) in [6, 6.07) is 8.48. The highest BCUT2D eigenvalue weighted by molar-refractivity contribution is 5.33. The minimum atomic E-state index is 0.227. The molecule has 0 fully saturated rings. The maximum Gasteiger partial charge on any atom is 0.122 e. The Bertz CT molecular complexity index is 336. The van der Waals surface area contributed by atoms with Crippen LogP contribution in [-0.2, 0) is 6.42 Å². The highest BCUT2D eigenvalue weighted by Crippen LogP contribution is 2.20. The van der Waals surface area contributed by atoms with Crippen molar-refractivity contribution >= 4 is 0 Å². The van der Waals surface area contributed by atoms with E-state index in [0.717, 1.165) is 37.5 Å². The van der Waals surface area contributed by atoms with Crippen LogP contribution >= 0.6 is 0 Å². The topological polar surface area (TPSA) is 35.2 Å². The van der Waals surface area contributed by atoms with Gasteiger partial charge in [0.05, 0.1) is 6.61 Å². The van der Waals surface area contributed by atoms with Crippen LogP contribution in [0.25, 0.3) is 0 Å². The summed E-state index contributed by atoms with van der Waals surface area (Å²) in [5.74, 6) is 1.75. The summed E-state index contributed by atoms with van der Waals surface area (Å²) in [5, 5.41) is 0. The second kappa shape index (κ2) is 8.15. The zero-order valence-corrected chi connectivity index (χ0v) is 12.0. The summed E-state index contributed by atoms with van der Waals surface area (Å²) < 4.78 is 5.88. The van der Waals surface area contributed by atoms with Crippen molar-refractivity contribution < 1.29 is 4.74 Å². The fourth-order valence-corrected chi connectivity index (χ4v) is 1.91. The molecule has 2 N–H and O–H groups in total. The summed E-state index contributed by atoms with van der Waals surface area (Å²) in [4.78, 5) is 0. The quantitative estimate of drug-likeness (QED) is 0.712. The lowest BCUT2D eigenvalue weighted by atomic mass is 10.0. The summed E-state index contributed by atoms with van der Waals surface area (Å²) in [6.45, 7) is 7.41. The molecule has 102 valence electrons. The van der Waals surface area contributed by atoms with Gasteiger partial charge in [0.25, 0.3) is 0 Å². The van der Waals surface area contributed by atoms with Gasteiger partial charge in [-0.3, -0.25) is 0 Å². The van der Waals surface area contributed by atoms with Crippen LogP contribution in [0, 0.1) is 5.92 Å². The maximum atomic E-state index is 6.01. The number of ether oxygens (including phenoxy) is 1. The number of benzene rings is 1. The van der Waals surface area contributed by atoms with Gasteiger partial charge in [-0.15, -0.1) is 0 Å². The summed E-state index contributed by atoms with van der Waals surface area (Å²) in [6.07, 6.45) is 4.24. The lowest BCUT2D eigenvalue weighted by Crippen LogP contribution is -2.21. The number of para-hydroxylation sites is 1. The summed E-state index contributed by atoms with van der Waals surface area (Å²) >= 11 is 0. The van der Waals surface area contributed by atoms with Gasteiger partial charge in [-0.1, -0.05) is 39.0 Å². The van der Waals surface area contributed by atoms with Crippen LogP contribution in [0.15, 0.2) is 24.3 Å². The number of rotatable bonds is 8. The van der Waals surface area contributed by atoms with Crippen LogP contribution in [-0.4, -0.2) is 12.6 Å². The van der Waals surface area contributed by atoms with E-state index >= 15 is 0 Å². The lowest BCUT2D eigenvalue weighted by molar-refractivity contribution is 0.294. The molecule has 0 aliphatic heterocycles. The van der Waals surface area contributed by atoms with Crippen molar-refractivity contribution in [3.05, 3.63) is 29.8 Å². The second-order valence-electron chi connectivity index (χ2n) is 5.36. The normalized spacial score (nSPS) is 12.7. The van der Waals surface area contributed by atoms with E-state index in [0.29, 0.717) is 0 Å². The first-order valence-electron chi connectivity index (χ1n) is 7.09. The van der Waals surface area contributed by atoms with Gasteiger partial charge < -0.3 is 10.5 Å². The van der Waals surface area contributed by atoms with Crippen LogP contribution in [0.4, 0.5) is 0 Å². The Morgan fingerprint density at radius 3 is 2.61 bits per heavy atom. The minimum absolute atomic E-state index is 0.227. The van der Waals surface area contributed by atoms with E-state index in [9.17, 15) is 0 Å². The average molecular weight is 249 g/mol. The molecule has 1 atom stereocenters. The Hall–Kier alpha value is -1.02. The molecule has 0 spiro atoms. The van der Waals surface area contributed by atoms with Crippen molar-refractivity contribution in [2.45, 2.75) is 52.5 Å². The number of hydrogen-bond acceptors (Lipinski definition) is 2. The summed E-state index contributed by atoms with van der Waals surface area (Å²) in [7, 11) is 0. The monoisotopic (exact) mass is 249 g/mol. The van der Waals surface area contributed by atoms with E-state index in [2.05, 4.69) is 32.9 Å². The van der Waals surface area contributed by atoms with Gasteiger partial charge in [0.1, 0.15) is 5.75 Å². The van der Waals surface area contributed by atoms with Crippen LogP contribution in [0.2, 0.25) is 0 Å². The Labute approximate surface area is 112 Å². The van der Waals surface area contributed by atoms with Crippen molar-refractivity contribution in [2.24, 2.45) is 11.7 Å². The molecule has 0 saturated carbocycles. The predicted octanol–water partition coefficient (Wildman–Crippen LogP) is 3.78. The molecule has 1 aromatic rings. The number of hydrogen-bond donors (Lipinski definition) is 1. The molecule has 18 heavy (non-hydrogen) atoms. The molecule has 1 rings (SSSR count). The van der Waals surface area contributed by atoms with E-state index < -0.39 is 0 Å². The van der Waals surface area contributed by atoms with Crippen molar-refractivity contribution in [1.29, 1.82) is 0 Å². The lowest BCUT2D eigenvalue weighted by Gasteiger charge is -2.14. The molecular weight excluding hydrogens is 222 g/mol. The standard InChI is InChI=1S/C16H27NO/c1-4-15(17)12-14-9-5-6-10-16(14)18-11-7-8-13(2)3/h5-6,9-10,13,15H,4,7-8,11-12,17H2,1-3H3. The van der Waals surface area contributed by atoms with Gasteiger partial charge >= 0.3 is 0 Å². The smallest absolute Gasteiger partial charge is 0.122 e. The molecule has 0 saturated heterocycles. The molecule has 0 aliphatic carbocycles. The maximum absolute atomic E-state index is 6.01. The Morgan fingerprint density at radius 2 is 1.94 bits per heavy atom. The Morgan fingerprint density at radius 1 is 1.22 bits per heavy atom. The van der Waals surface area contributed by atoms with E-state index in [1.165, 1.54) is 12.0 Å². The van der Waals surface area contributed by atoms with Gasteiger partial charge in [-0.2, -0.15) is 0 Å². The Kier molecular flexibility index (Phi) is 6.81. The fraction of sp³-hybridized carbons (Fsp3) is 0.625. The zero-order chi connectivity index (χ0) is 13.4. The molecule has 0 bridgehead atoms. The van der Waals surface area contributed by atoms with E-state index in [-0.39, 0.29) is 6.04 Å². The van der Waals surface area contributed by atoms with Gasteiger partial charge in [-0.25, -0.2) is 0 Å². The molecule has 0 aromatic heterocycles. The van der Waals surface area contributed by atoms with Crippen molar-refractivity contribution in [3.8, 4) is 5.75 Å². The third-order valence-corrected chi connectivity index (χ3v) is 3.16. The molecule has 0 amide bonds. The van der Waals surface area contributed by atoms with Gasteiger partial charge in [0.15, 0.2) is 0 Å². The third-order valence-electron chi connectivity index (χ3n) is 3.16. The Balaban J connectivity index is 2.48. The van der Waals surface area contributed by atoms with E-state index in [1.54, 1.807) is 0 Å². The zero-order valence-electron chi connectivity index (χ0n) is 12.0. The highest BCUT2D eigenvalue weighted by atomic mass is 16.5. The van der Waals surface area contributed by atoms with Crippen molar-refractivity contribution in [3.63, 3.8) is 0 Å². The van der Waals surface area contributed by atoms with Gasteiger partial charge in [0, 0.05) is 6.04 Å². The average Bonchev–Trinajstić information content (AvgIpc) is 2.36. The molecule has 0 radical (unpaired) electrons. The second-order valence-corrected chi connectivity index (χ2v) is 5.36. The fourth-order valence-electron chi connectivity index (χ4n) is 1.91. The first-order chi connectivity index (χ1) is 8.63. The molecule has 1 aromatic carbocycles. The molecular formula is C16H27NO. The van der Waals surface area contributed by atoms with Crippen LogP contribution < -0.4 is 10.5 Å². The summed E-state index contributed by atoms with van der Waals surface area (Å²) in [5.41, 5.74) is 7.25. The van der Waals surface area contributed by atoms with Gasteiger partial charge in [-0.05, 0) is 43.2 Å². The third kappa shape index (κ3) is 5.54. The van der Waals surface area contributed by atoms with Crippen LogP contribution in [0.1, 0.15) is 45.6 Å². The largest absolute Gasteiger partial charge is 0.493 e. The first kappa shape index (κ1) is 15.0. The molecule has 2 heteroatoms. The molecule has 0 heterocycles. The highest BCUT2D eigenvalue weighted by Gasteiger charge is 2.07. The van der Waals surface area contributed by atoms with Crippen molar-refractivity contribution in [1.82, 2.24) is 0 Å². The molecule has 2 nitrogen and oxygen atoms in total.